The van der Waals surface area contributed by atoms with Crippen LogP contribution in [0.3, 0.4) is 0 Å². The fourth-order valence-electron chi connectivity index (χ4n) is 2.11. The topological polar surface area (TPSA) is 46.2 Å². The summed E-state index contributed by atoms with van der Waals surface area (Å²) in [6.45, 7) is 2.68. The lowest BCUT2D eigenvalue weighted by molar-refractivity contribution is 0.395. The predicted octanol–water partition coefficient (Wildman–Crippen LogP) is 2.12. The Hall–Kier alpha value is -0.390. The molecule has 3 nitrogen and oxygen atoms in total. The summed E-state index contributed by atoms with van der Waals surface area (Å²) in [5, 5.41) is 3.36. The highest BCUT2D eigenvalue weighted by Gasteiger charge is 2.37. The minimum Gasteiger partial charge on any atom is -0.306 e. The lowest BCUT2D eigenvalue weighted by Gasteiger charge is -2.24. The summed E-state index contributed by atoms with van der Waals surface area (Å²) < 4.78 is 24.0. The Morgan fingerprint density at radius 1 is 1.47 bits per heavy atom. The number of hydrogen-bond acceptors (Lipinski definition) is 3. The summed E-state index contributed by atoms with van der Waals surface area (Å²) in [6.07, 6.45) is 0.698. The molecule has 1 atom stereocenters. The van der Waals surface area contributed by atoms with Crippen LogP contribution in [0.1, 0.15) is 18.9 Å². The second-order valence-corrected chi connectivity index (χ2v) is 7.99. The molecule has 5 heteroatoms. The molecule has 1 N–H and O–H groups in total. The van der Waals surface area contributed by atoms with Gasteiger partial charge in [0, 0.05) is 16.6 Å². The summed E-state index contributed by atoms with van der Waals surface area (Å²) in [5.74, 6) is 0.545. The zero-order valence-electron chi connectivity index (χ0n) is 9.74. The quantitative estimate of drug-likeness (QED) is 0.928. The molecule has 0 spiro atoms. The Morgan fingerprint density at radius 3 is 2.82 bits per heavy atom. The van der Waals surface area contributed by atoms with Gasteiger partial charge in [0.2, 0.25) is 0 Å². The maximum absolute atomic E-state index is 11.5. The minimum atomic E-state index is -2.84. The normalized spacial score (nSPS) is 27.2. The van der Waals surface area contributed by atoms with E-state index in [2.05, 4.69) is 21.2 Å². The highest BCUT2D eigenvalue weighted by atomic mass is 79.9. The molecule has 0 radical (unpaired) electrons. The molecule has 0 bridgehead atoms. The maximum atomic E-state index is 11.5. The van der Waals surface area contributed by atoms with Crippen molar-refractivity contribution in [2.75, 3.05) is 11.5 Å². The number of nitrogens with one attached hydrogen (secondary N) is 1. The molecule has 2 rings (SSSR count). The van der Waals surface area contributed by atoms with E-state index < -0.39 is 9.84 Å². The summed E-state index contributed by atoms with van der Waals surface area (Å²) in [4.78, 5) is 0. The predicted molar refractivity (Wildman–Crippen MR) is 72.7 cm³/mol. The van der Waals surface area contributed by atoms with Gasteiger partial charge in [-0.1, -0.05) is 28.1 Å². The van der Waals surface area contributed by atoms with Crippen molar-refractivity contribution in [1.82, 2.24) is 5.32 Å². The van der Waals surface area contributed by atoms with Gasteiger partial charge < -0.3 is 5.32 Å². The summed E-state index contributed by atoms with van der Waals surface area (Å²) in [7, 11) is -2.84. The SMILES string of the molecule is CC1(NCc2cccc(Br)c2)CCS(=O)(=O)C1. The van der Waals surface area contributed by atoms with Crippen molar-refractivity contribution in [1.29, 1.82) is 0 Å². The highest BCUT2D eigenvalue weighted by molar-refractivity contribution is 9.10. The second kappa shape index (κ2) is 4.71. The largest absolute Gasteiger partial charge is 0.306 e. The summed E-state index contributed by atoms with van der Waals surface area (Å²) in [6, 6.07) is 8.03. The van der Waals surface area contributed by atoms with E-state index in [1.165, 1.54) is 0 Å². The molecule has 1 aliphatic rings. The molecule has 1 unspecified atom stereocenters. The first-order valence-electron chi connectivity index (χ1n) is 5.59. The molecule has 1 saturated heterocycles. The molecule has 0 saturated carbocycles. The smallest absolute Gasteiger partial charge is 0.152 e. The van der Waals surface area contributed by atoms with Crippen molar-refractivity contribution in [3.8, 4) is 0 Å². The zero-order valence-corrected chi connectivity index (χ0v) is 12.1. The van der Waals surface area contributed by atoms with Crippen molar-refractivity contribution in [2.24, 2.45) is 0 Å². The van der Waals surface area contributed by atoms with E-state index in [-0.39, 0.29) is 11.3 Å². The van der Waals surface area contributed by atoms with Crippen LogP contribution in [0.4, 0.5) is 0 Å². The average molecular weight is 318 g/mol. The van der Waals surface area contributed by atoms with E-state index in [9.17, 15) is 8.42 Å². The first-order chi connectivity index (χ1) is 7.89. The van der Waals surface area contributed by atoms with Gasteiger partial charge in [-0.2, -0.15) is 0 Å². The number of sulfone groups is 1. The number of halogens is 1. The van der Waals surface area contributed by atoms with E-state index in [1.54, 1.807) is 0 Å². The third-order valence-corrected chi connectivity index (χ3v) is 5.51. The van der Waals surface area contributed by atoms with Gasteiger partial charge in [0.15, 0.2) is 9.84 Å². The van der Waals surface area contributed by atoms with Crippen LogP contribution < -0.4 is 5.32 Å². The van der Waals surface area contributed by atoms with Gasteiger partial charge in [-0.05, 0) is 31.0 Å². The van der Waals surface area contributed by atoms with Crippen LogP contribution in [-0.4, -0.2) is 25.5 Å². The molecule has 94 valence electrons. The maximum Gasteiger partial charge on any atom is 0.152 e. The van der Waals surface area contributed by atoms with Gasteiger partial charge >= 0.3 is 0 Å². The molecular weight excluding hydrogens is 302 g/mol. The number of rotatable bonds is 3. The van der Waals surface area contributed by atoms with E-state index in [0.717, 1.165) is 10.0 Å². The molecular formula is C12H16BrNO2S. The van der Waals surface area contributed by atoms with E-state index in [0.29, 0.717) is 18.7 Å². The molecule has 1 aliphatic heterocycles. The van der Waals surface area contributed by atoms with E-state index in [4.69, 9.17) is 0 Å². The van der Waals surface area contributed by atoms with Crippen LogP contribution in [-0.2, 0) is 16.4 Å². The minimum absolute atomic E-state index is 0.244. The molecule has 1 heterocycles. The number of benzene rings is 1. The molecule has 1 aromatic rings. The third-order valence-electron chi connectivity index (χ3n) is 3.11. The van der Waals surface area contributed by atoms with Crippen LogP contribution in [0.5, 0.6) is 0 Å². The number of hydrogen-bond donors (Lipinski definition) is 1. The Kier molecular flexibility index (Phi) is 3.61. The van der Waals surface area contributed by atoms with Crippen molar-refractivity contribution >= 4 is 25.8 Å². The van der Waals surface area contributed by atoms with Crippen LogP contribution in [0.15, 0.2) is 28.7 Å². The van der Waals surface area contributed by atoms with Crippen molar-refractivity contribution in [3.05, 3.63) is 34.3 Å². The van der Waals surface area contributed by atoms with Crippen molar-refractivity contribution in [3.63, 3.8) is 0 Å². The standard InChI is InChI=1S/C12H16BrNO2S/c1-12(5-6-17(15,16)9-12)14-8-10-3-2-4-11(13)7-10/h2-4,7,14H,5-6,8-9H2,1H3. The highest BCUT2D eigenvalue weighted by Crippen LogP contribution is 2.23. The Bertz CT molecular complexity index is 515. The monoisotopic (exact) mass is 317 g/mol. The second-order valence-electron chi connectivity index (χ2n) is 4.89. The van der Waals surface area contributed by atoms with Gasteiger partial charge in [-0.25, -0.2) is 8.42 Å². The summed E-state index contributed by atoms with van der Waals surface area (Å²) in [5.41, 5.74) is 0.881. The fraction of sp³-hybridized carbons (Fsp3) is 0.500. The first-order valence-corrected chi connectivity index (χ1v) is 8.20. The van der Waals surface area contributed by atoms with E-state index >= 15 is 0 Å². The lowest BCUT2D eigenvalue weighted by atomic mass is 10.0. The van der Waals surface area contributed by atoms with Crippen LogP contribution >= 0.6 is 15.9 Å². The Balaban J connectivity index is 1.99. The first kappa shape index (κ1) is 13.1. The fourth-order valence-corrected chi connectivity index (χ4v) is 4.68. The lowest BCUT2D eigenvalue weighted by Crippen LogP contribution is -2.42. The van der Waals surface area contributed by atoms with Gasteiger partial charge in [0.05, 0.1) is 11.5 Å². The molecule has 0 amide bonds. The average Bonchev–Trinajstić information content (AvgIpc) is 2.51. The molecule has 1 aromatic carbocycles. The third kappa shape index (κ3) is 3.53. The van der Waals surface area contributed by atoms with Crippen LogP contribution in [0.2, 0.25) is 0 Å². The molecule has 0 aliphatic carbocycles. The molecule has 0 aromatic heterocycles. The van der Waals surface area contributed by atoms with E-state index in [1.807, 2.05) is 31.2 Å². The van der Waals surface area contributed by atoms with Crippen LogP contribution in [0.25, 0.3) is 0 Å². The van der Waals surface area contributed by atoms with Gasteiger partial charge in [-0.3, -0.25) is 0 Å². The zero-order chi connectivity index (χ0) is 12.5. The van der Waals surface area contributed by atoms with Gasteiger partial charge in [-0.15, -0.1) is 0 Å². The van der Waals surface area contributed by atoms with Crippen molar-refractivity contribution in [2.45, 2.75) is 25.4 Å². The molecule has 17 heavy (non-hydrogen) atoms. The van der Waals surface area contributed by atoms with Crippen molar-refractivity contribution < 1.29 is 8.42 Å². The van der Waals surface area contributed by atoms with Gasteiger partial charge in [0.25, 0.3) is 0 Å². The Morgan fingerprint density at radius 2 is 2.24 bits per heavy atom. The van der Waals surface area contributed by atoms with Gasteiger partial charge in [0.1, 0.15) is 0 Å². The molecule has 1 fully saturated rings. The van der Waals surface area contributed by atoms with Crippen LogP contribution in [0, 0.1) is 0 Å². The summed E-state index contributed by atoms with van der Waals surface area (Å²) >= 11 is 3.42. The Labute approximate surface area is 111 Å².